The molecule has 27 heavy (non-hydrogen) atoms. The zero-order valence-corrected chi connectivity index (χ0v) is 15.0. The number of ether oxygens (including phenoxy) is 1. The lowest BCUT2D eigenvalue weighted by molar-refractivity contribution is -0.274. The van der Waals surface area contributed by atoms with Crippen LogP contribution in [0.5, 0.6) is 5.75 Å². The summed E-state index contributed by atoms with van der Waals surface area (Å²) in [7, 11) is 0. The van der Waals surface area contributed by atoms with E-state index in [-0.39, 0.29) is 11.5 Å². The van der Waals surface area contributed by atoms with Gasteiger partial charge in [-0.05, 0) is 31.2 Å². The molecule has 3 aromatic rings. The molecular weight excluding hydrogens is 375 g/mol. The van der Waals surface area contributed by atoms with E-state index < -0.39 is 6.36 Å². The smallest absolute Gasteiger partial charge is 0.406 e. The zero-order chi connectivity index (χ0) is 19.4. The first kappa shape index (κ1) is 18.9. The van der Waals surface area contributed by atoms with Crippen molar-refractivity contribution in [2.24, 2.45) is 0 Å². The maximum atomic E-state index is 12.4. The van der Waals surface area contributed by atoms with Gasteiger partial charge in [0.2, 0.25) is 0 Å². The summed E-state index contributed by atoms with van der Waals surface area (Å²) in [6.07, 6.45) is -3.05. The maximum absolute atomic E-state index is 12.4. The Bertz CT molecular complexity index is 958. The van der Waals surface area contributed by atoms with E-state index in [0.717, 1.165) is 16.8 Å². The molecule has 2 aromatic carbocycles. The Morgan fingerprint density at radius 1 is 1.11 bits per heavy atom. The molecule has 0 saturated carbocycles. The number of thioether (sulfide) groups is 1. The van der Waals surface area contributed by atoms with Crippen molar-refractivity contribution in [2.45, 2.75) is 18.4 Å². The van der Waals surface area contributed by atoms with Crippen molar-refractivity contribution in [3.05, 3.63) is 60.3 Å². The van der Waals surface area contributed by atoms with Crippen LogP contribution in [0.3, 0.4) is 0 Å². The maximum Gasteiger partial charge on any atom is 0.573 e. The molecule has 0 fully saturated rings. The lowest BCUT2D eigenvalue weighted by Crippen LogP contribution is -2.17. The molecule has 0 N–H and O–H groups in total. The summed E-state index contributed by atoms with van der Waals surface area (Å²) in [5.74, 6) is -0.0888. The fourth-order valence-electron chi connectivity index (χ4n) is 2.51. The van der Waals surface area contributed by atoms with Gasteiger partial charge >= 0.3 is 6.36 Å². The van der Waals surface area contributed by atoms with Crippen LogP contribution in [0.25, 0.3) is 16.9 Å². The minimum Gasteiger partial charge on any atom is -0.406 e. The number of hydrogen-bond donors (Lipinski definition) is 0. The largest absolute Gasteiger partial charge is 0.573 e. The summed E-state index contributed by atoms with van der Waals surface area (Å²) in [6.45, 7) is 1.98. The number of aromatic nitrogens is 2. The molecule has 0 aliphatic carbocycles. The van der Waals surface area contributed by atoms with Gasteiger partial charge in [-0.15, -0.1) is 13.2 Å². The van der Waals surface area contributed by atoms with Crippen LogP contribution >= 0.6 is 11.8 Å². The molecule has 0 aliphatic rings. The SMILES string of the molecule is Cc1ccc(-c2cnc(SCC#N)n2-c2ccc(OC(F)(F)F)cc2)cc1. The third kappa shape index (κ3) is 4.63. The van der Waals surface area contributed by atoms with Gasteiger partial charge in [0.25, 0.3) is 0 Å². The lowest BCUT2D eigenvalue weighted by Gasteiger charge is -2.13. The highest BCUT2D eigenvalue weighted by molar-refractivity contribution is 7.99. The van der Waals surface area contributed by atoms with Crippen LogP contribution in [0.15, 0.2) is 59.9 Å². The molecule has 1 heterocycles. The summed E-state index contributed by atoms with van der Waals surface area (Å²) in [5.41, 5.74) is 3.42. The Kier molecular flexibility index (Phi) is 5.42. The first-order valence-electron chi connectivity index (χ1n) is 7.88. The summed E-state index contributed by atoms with van der Waals surface area (Å²) in [6, 6.07) is 15.4. The highest BCUT2D eigenvalue weighted by atomic mass is 32.2. The van der Waals surface area contributed by atoms with E-state index in [9.17, 15) is 13.2 Å². The number of halogens is 3. The van der Waals surface area contributed by atoms with Crippen molar-refractivity contribution in [2.75, 3.05) is 5.75 Å². The molecule has 8 heteroatoms. The summed E-state index contributed by atoms with van der Waals surface area (Å²) >= 11 is 1.25. The average molecular weight is 389 g/mol. The first-order chi connectivity index (χ1) is 12.9. The standard InChI is InChI=1S/C19H14F3N3OS/c1-13-2-4-14(5-3-13)17-12-24-18(27-11-10-23)25(17)15-6-8-16(9-7-15)26-19(20,21)22/h2-9,12H,11H2,1H3. The number of benzene rings is 2. The molecule has 4 nitrogen and oxygen atoms in total. The minimum absolute atomic E-state index is 0.208. The van der Waals surface area contributed by atoms with Crippen molar-refractivity contribution in [3.8, 4) is 28.8 Å². The van der Waals surface area contributed by atoms with Crippen LogP contribution < -0.4 is 4.74 Å². The minimum atomic E-state index is -4.74. The second-order valence-electron chi connectivity index (χ2n) is 5.62. The quantitative estimate of drug-likeness (QED) is 0.551. The average Bonchev–Trinajstić information content (AvgIpc) is 3.04. The van der Waals surface area contributed by atoms with Gasteiger partial charge in [-0.3, -0.25) is 4.57 Å². The Labute approximate surface area is 158 Å². The predicted octanol–water partition coefficient (Wildman–Crippen LogP) is 5.36. The molecule has 0 spiro atoms. The summed E-state index contributed by atoms with van der Waals surface area (Å²) < 4.78 is 42.8. The Balaban J connectivity index is 2.02. The monoisotopic (exact) mass is 389 g/mol. The van der Waals surface area contributed by atoms with Gasteiger partial charge in [-0.1, -0.05) is 41.6 Å². The van der Waals surface area contributed by atoms with Crippen LogP contribution in [-0.4, -0.2) is 21.7 Å². The third-order valence-corrected chi connectivity index (χ3v) is 4.49. The van der Waals surface area contributed by atoms with Crippen molar-refractivity contribution < 1.29 is 17.9 Å². The van der Waals surface area contributed by atoms with Gasteiger partial charge in [-0.25, -0.2) is 4.98 Å². The summed E-state index contributed by atoms with van der Waals surface area (Å²) in [4.78, 5) is 4.37. The Hall–Kier alpha value is -2.92. The second kappa shape index (κ2) is 7.76. The van der Waals surface area contributed by atoms with Gasteiger partial charge in [-0.2, -0.15) is 5.26 Å². The number of rotatable bonds is 5. The Morgan fingerprint density at radius 2 is 1.78 bits per heavy atom. The molecule has 0 atom stereocenters. The molecule has 0 bridgehead atoms. The van der Waals surface area contributed by atoms with Crippen LogP contribution in [0, 0.1) is 18.3 Å². The normalized spacial score (nSPS) is 11.2. The van der Waals surface area contributed by atoms with Crippen molar-refractivity contribution >= 4 is 11.8 Å². The van der Waals surface area contributed by atoms with Gasteiger partial charge in [0.05, 0.1) is 23.7 Å². The molecule has 0 saturated heterocycles. The molecular formula is C19H14F3N3OS. The van der Waals surface area contributed by atoms with Crippen molar-refractivity contribution in [1.82, 2.24) is 9.55 Å². The van der Waals surface area contributed by atoms with E-state index in [4.69, 9.17) is 5.26 Å². The highest BCUT2D eigenvalue weighted by Crippen LogP contribution is 2.31. The van der Waals surface area contributed by atoms with Gasteiger partial charge < -0.3 is 4.74 Å². The molecule has 0 amide bonds. The number of alkyl halides is 3. The van der Waals surface area contributed by atoms with E-state index in [2.05, 4.69) is 15.8 Å². The van der Waals surface area contributed by atoms with Crippen LogP contribution in [0.2, 0.25) is 0 Å². The van der Waals surface area contributed by atoms with E-state index in [1.54, 1.807) is 6.20 Å². The van der Waals surface area contributed by atoms with Crippen molar-refractivity contribution in [1.29, 1.82) is 5.26 Å². The fraction of sp³-hybridized carbons (Fsp3) is 0.158. The van der Waals surface area contributed by atoms with E-state index in [1.165, 1.54) is 36.0 Å². The second-order valence-corrected chi connectivity index (χ2v) is 6.56. The number of aryl methyl sites for hydroxylation is 1. The van der Waals surface area contributed by atoms with Gasteiger partial charge in [0, 0.05) is 11.3 Å². The topological polar surface area (TPSA) is 50.8 Å². The number of imidazole rings is 1. The molecule has 3 rings (SSSR count). The lowest BCUT2D eigenvalue weighted by atomic mass is 10.1. The molecule has 0 radical (unpaired) electrons. The first-order valence-corrected chi connectivity index (χ1v) is 8.86. The molecule has 1 aromatic heterocycles. The third-order valence-electron chi connectivity index (χ3n) is 3.67. The number of nitrogens with zero attached hydrogens (tertiary/aromatic N) is 3. The van der Waals surface area contributed by atoms with E-state index >= 15 is 0 Å². The van der Waals surface area contributed by atoms with Crippen LogP contribution in [0.4, 0.5) is 13.2 Å². The highest BCUT2D eigenvalue weighted by Gasteiger charge is 2.31. The van der Waals surface area contributed by atoms with Crippen LogP contribution in [-0.2, 0) is 0 Å². The molecule has 0 unspecified atom stereocenters. The van der Waals surface area contributed by atoms with E-state index in [0.29, 0.717) is 10.8 Å². The van der Waals surface area contributed by atoms with Crippen LogP contribution in [0.1, 0.15) is 5.56 Å². The summed E-state index contributed by atoms with van der Waals surface area (Å²) in [5, 5.41) is 9.44. The van der Waals surface area contributed by atoms with E-state index in [1.807, 2.05) is 35.8 Å². The van der Waals surface area contributed by atoms with Crippen molar-refractivity contribution in [3.63, 3.8) is 0 Å². The Morgan fingerprint density at radius 3 is 2.37 bits per heavy atom. The van der Waals surface area contributed by atoms with Gasteiger partial charge in [0.15, 0.2) is 5.16 Å². The number of hydrogen-bond acceptors (Lipinski definition) is 4. The predicted molar refractivity (Wildman–Crippen MR) is 96.8 cm³/mol. The zero-order valence-electron chi connectivity index (χ0n) is 14.2. The van der Waals surface area contributed by atoms with Gasteiger partial charge in [0.1, 0.15) is 5.75 Å². The molecule has 0 aliphatic heterocycles. The fourth-order valence-corrected chi connectivity index (χ4v) is 3.16. The number of nitriles is 1. The molecule has 138 valence electrons.